The van der Waals surface area contributed by atoms with Crippen molar-refractivity contribution in [2.24, 2.45) is 5.92 Å². The highest BCUT2D eigenvalue weighted by atomic mass is 16.5. The summed E-state index contributed by atoms with van der Waals surface area (Å²) in [5, 5.41) is 8.91. The largest absolute Gasteiger partial charge is 0.394 e. The van der Waals surface area contributed by atoms with E-state index in [1.54, 1.807) is 0 Å². The summed E-state index contributed by atoms with van der Waals surface area (Å²) in [6, 6.07) is 0. The molecular formula is C9H17NO2. The Balaban J connectivity index is 1.73. The van der Waals surface area contributed by atoms with Crippen LogP contribution >= 0.6 is 0 Å². The third-order valence-electron chi connectivity index (χ3n) is 2.64. The first kappa shape index (κ1) is 8.48. The lowest BCUT2D eigenvalue weighted by atomic mass is 10.2. The Bertz CT molecular complexity index is 147. The van der Waals surface area contributed by atoms with Crippen molar-refractivity contribution in [1.82, 2.24) is 4.90 Å². The van der Waals surface area contributed by atoms with Crippen molar-refractivity contribution in [3.63, 3.8) is 0 Å². The molecule has 70 valence electrons. The van der Waals surface area contributed by atoms with E-state index in [9.17, 15) is 0 Å². The summed E-state index contributed by atoms with van der Waals surface area (Å²) < 4.78 is 5.37. The molecule has 0 radical (unpaired) electrons. The van der Waals surface area contributed by atoms with Gasteiger partial charge < -0.3 is 9.84 Å². The lowest BCUT2D eigenvalue weighted by molar-refractivity contribution is -0.0537. The van der Waals surface area contributed by atoms with Crippen molar-refractivity contribution in [1.29, 1.82) is 0 Å². The van der Waals surface area contributed by atoms with E-state index in [0.717, 1.165) is 25.6 Å². The van der Waals surface area contributed by atoms with Crippen LogP contribution in [-0.2, 0) is 4.74 Å². The zero-order valence-corrected chi connectivity index (χ0v) is 7.41. The van der Waals surface area contributed by atoms with E-state index >= 15 is 0 Å². The van der Waals surface area contributed by atoms with Crippen LogP contribution in [0.5, 0.6) is 0 Å². The Kier molecular flexibility index (Phi) is 2.63. The molecule has 3 heteroatoms. The number of hydrogen-bond acceptors (Lipinski definition) is 3. The first-order valence-corrected chi connectivity index (χ1v) is 4.83. The second kappa shape index (κ2) is 3.73. The van der Waals surface area contributed by atoms with Gasteiger partial charge in [0, 0.05) is 19.6 Å². The average Bonchev–Trinajstić information content (AvgIpc) is 2.89. The van der Waals surface area contributed by atoms with Crippen LogP contribution in [0.25, 0.3) is 0 Å². The molecule has 1 aliphatic heterocycles. The predicted molar refractivity (Wildman–Crippen MR) is 46.0 cm³/mol. The highest BCUT2D eigenvalue weighted by molar-refractivity contribution is 4.80. The molecule has 3 nitrogen and oxygen atoms in total. The molecule has 0 aromatic carbocycles. The van der Waals surface area contributed by atoms with Gasteiger partial charge in [0.05, 0.1) is 19.3 Å². The van der Waals surface area contributed by atoms with Gasteiger partial charge in [0.1, 0.15) is 0 Å². The minimum absolute atomic E-state index is 0.0671. The van der Waals surface area contributed by atoms with Crippen LogP contribution in [0.3, 0.4) is 0 Å². The molecule has 2 fully saturated rings. The minimum atomic E-state index is 0.0671. The summed E-state index contributed by atoms with van der Waals surface area (Å²) in [5.41, 5.74) is 0. The zero-order chi connectivity index (χ0) is 8.39. The van der Waals surface area contributed by atoms with Crippen LogP contribution in [0.2, 0.25) is 0 Å². The Morgan fingerprint density at radius 1 is 1.42 bits per heavy atom. The number of hydrogen-bond donors (Lipinski definition) is 1. The van der Waals surface area contributed by atoms with Gasteiger partial charge in [0.25, 0.3) is 0 Å². The second-order valence-corrected chi connectivity index (χ2v) is 3.88. The van der Waals surface area contributed by atoms with Gasteiger partial charge in [-0.2, -0.15) is 0 Å². The van der Waals surface area contributed by atoms with Crippen molar-refractivity contribution in [3.8, 4) is 0 Å². The molecule has 1 heterocycles. The number of ether oxygens (including phenoxy) is 1. The van der Waals surface area contributed by atoms with Gasteiger partial charge in [-0.1, -0.05) is 0 Å². The van der Waals surface area contributed by atoms with E-state index in [0.29, 0.717) is 0 Å². The van der Waals surface area contributed by atoms with E-state index in [4.69, 9.17) is 9.84 Å². The smallest absolute Gasteiger partial charge is 0.0932 e. The molecule has 0 aromatic rings. The molecule has 0 aromatic heterocycles. The molecular weight excluding hydrogens is 154 g/mol. The Morgan fingerprint density at radius 2 is 2.25 bits per heavy atom. The van der Waals surface area contributed by atoms with Crippen molar-refractivity contribution in [2.75, 3.05) is 32.8 Å². The molecule has 0 spiro atoms. The standard InChI is InChI=1S/C9H17NO2/c11-7-9-6-10(3-4-12-9)5-8-1-2-8/h8-9,11H,1-7H2/t9-/m1/s1. The maximum atomic E-state index is 8.91. The summed E-state index contributed by atoms with van der Waals surface area (Å²) in [5.74, 6) is 0.947. The van der Waals surface area contributed by atoms with Gasteiger partial charge >= 0.3 is 0 Å². The van der Waals surface area contributed by atoms with E-state index in [1.807, 2.05) is 0 Å². The summed E-state index contributed by atoms with van der Waals surface area (Å²) in [6.45, 7) is 4.15. The van der Waals surface area contributed by atoms with Crippen LogP contribution in [-0.4, -0.2) is 49.0 Å². The fraction of sp³-hybridized carbons (Fsp3) is 1.00. The van der Waals surface area contributed by atoms with Crippen LogP contribution in [0.1, 0.15) is 12.8 Å². The van der Waals surface area contributed by atoms with Crippen LogP contribution < -0.4 is 0 Å². The Hall–Kier alpha value is -0.120. The number of aliphatic hydroxyl groups is 1. The fourth-order valence-electron chi connectivity index (χ4n) is 1.72. The van der Waals surface area contributed by atoms with E-state index < -0.39 is 0 Å². The van der Waals surface area contributed by atoms with Gasteiger partial charge in [-0.3, -0.25) is 4.90 Å². The first-order chi connectivity index (χ1) is 5.88. The molecule has 1 atom stereocenters. The first-order valence-electron chi connectivity index (χ1n) is 4.83. The minimum Gasteiger partial charge on any atom is -0.394 e. The van der Waals surface area contributed by atoms with Gasteiger partial charge in [0.2, 0.25) is 0 Å². The third-order valence-corrected chi connectivity index (χ3v) is 2.64. The summed E-state index contributed by atoms with van der Waals surface area (Å²) in [7, 11) is 0. The van der Waals surface area contributed by atoms with Crippen molar-refractivity contribution < 1.29 is 9.84 Å². The topological polar surface area (TPSA) is 32.7 Å². The van der Waals surface area contributed by atoms with Crippen LogP contribution in [0, 0.1) is 5.92 Å². The molecule has 0 unspecified atom stereocenters. The molecule has 1 saturated carbocycles. The quantitative estimate of drug-likeness (QED) is 0.653. The number of aliphatic hydroxyl groups excluding tert-OH is 1. The van der Waals surface area contributed by atoms with Gasteiger partial charge in [-0.25, -0.2) is 0 Å². The summed E-state index contributed by atoms with van der Waals surface area (Å²) in [4.78, 5) is 2.42. The molecule has 2 rings (SSSR count). The van der Waals surface area contributed by atoms with Crippen LogP contribution in [0.15, 0.2) is 0 Å². The van der Waals surface area contributed by atoms with E-state index in [-0.39, 0.29) is 12.7 Å². The zero-order valence-electron chi connectivity index (χ0n) is 7.41. The highest BCUT2D eigenvalue weighted by Crippen LogP contribution is 2.30. The number of morpholine rings is 1. The predicted octanol–water partition coefficient (Wildman–Crippen LogP) is 0.0895. The highest BCUT2D eigenvalue weighted by Gasteiger charge is 2.27. The van der Waals surface area contributed by atoms with Crippen LogP contribution in [0.4, 0.5) is 0 Å². The van der Waals surface area contributed by atoms with Gasteiger partial charge in [-0.15, -0.1) is 0 Å². The average molecular weight is 171 g/mol. The van der Waals surface area contributed by atoms with E-state index in [2.05, 4.69) is 4.90 Å². The normalized spacial score (nSPS) is 32.2. The Morgan fingerprint density at radius 3 is 2.92 bits per heavy atom. The molecule has 2 aliphatic rings. The van der Waals surface area contributed by atoms with Gasteiger partial charge in [0.15, 0.2) is 0 Å². The molecule has 1 saturated heterocycles. The molecule has 1 N–H and O–H groups in total. The maximum absolute atomic E-state index is 8.91. The van der Waals surface area contributed by atoms with E-state index in [1.165, 1.54) is 19.4 Å². The number of nitrogens with zero attached hydrogens (tertiary/aromatic N) is 1. The number of rotatable bonds is 3. The summed E-state index contributed by atoms with van der Waals surface area (Å²) >= 11 is 0. The second-order valence-electron chi connectivity index (χ2n) is 3.88. The van der Waals surface area contributed by atoms with Crippen molar-refractivity contribution >= 4 is 0 Å². The monoisotopic (exact) mass is 171 g/mol. The SMILES string of the molecule is OC[C@H]1CN(CC2CC2)CCO1. The maximum Gasteiger partial charge on any atom is 0.0932 e. The van der Waals surface area contributed by atoms with Gasteiger partial charge in [-0.05, 0) is 18.8 Å². The van der Waals surface area contributed by atoms with Crippen molar-refractivity contribution in [3.05, 3.63) is 0 Å². The van der Waals surface area contributed by atoms with Crippen molar-refractivity contribution in [2.45, 2.75) is 18.9 Å². The lowest BCUT2D eigenvalue weighted by Crippen LogP contribution is -2.44. The Labute approximate surface area is 73.3 Å². The third kappa shape index (κ3) is 2.19. The lowest BCUT2D eigenvalue weighted by Gasteiger charge is -2.31. The summed E-state index contributed by atoms with van der Waals surface area (Å²) in [6.07, 6.45) is 2.87. The molecule has 0 amide bonds. The molecule has 12 heavy (non-hydrogen) atoms. The molecule has 0 bridgehead atoms. The fourth-order valence-corrected chi connectivity index (χ4v) is 1.72. The molecule has 1 aliphatic carbocycles.